The summed E-state index contributed by atoms with van der Waals surface area (Å²) in [5.74, 6) is 0.308. The first kappa shape index (κ1) is 18.4. The molecule has 0 spiro atoms. The molecule has 0 bridgehead atoms. The van der Waals surface area contributed by atoms with E-state index in [9.17, 15) is 9.90 Å². The van der Waals surface area contributed by atoms with Gasteiger partial charge in [0.15, 0.2) is 0 Å². The van der Waals surface area contributed by atoms with Crippen LogP contribution in [0, 0.1) is 0 Å². The number of fused-ring (bicyclic) bond motifs is 1. The van der Waals surface area contributed by atoms with Gasteiger partial charge < -0.3 is 14.6 Å². The minimum atomic E-state index is -0.000667. The summed E-state index contributed by atoms with van der Waals surface area (Å²) in [6.45, 7) is 3.36. The number of para-hydroxylation sites is 1. The monoisotopic (exact) mass is 398 g/mol. The molecule has 0 radical (unpaired) electrons. The van der Waals surface area contributed by atoms with Crippen molar-refractivity contribution in [3.63, 3.8) is 0 Å². The third kappa shape index (κ3) is 3.01. The molecule has 6 nitrogen and oxygen atoms in total. The number of pyridine rings is 1. The molecule has 0 unspecified atom stereocenters. The Balaban J connectivity index is 1.70. The number of aromatic hydroxyl groups is 1. The largest absolute Gasteiger partial charge is 0.506 e. The van der Waals surface area contributed by atoms with Gasteiger partial charge in [-0.1, -0.05) is 48.5 Å². The van der Waals surface area contributed by atoms with Crippen LogP contribution in [0.3, 0.4) is 0 Å². The van der Waals surface area contributed by atoms with Gasteiger partial charge >= 0.3 is 0 Å². The van der Waals surface area contributed by atoms with Crippen molar-refractivity contribution < 1.29 is 9.90 Å². The molecule has 2 aromatic heterocycles. The van der Waals surface area contributed by atoms with E-state index in [2.05, 4.69) is 4.57 Å². The molecule has 1 atom stereocenters. The van der Waals surface area contributed by atoms with Crippen LogP contribution in [0.5, 0.6) is 5.75 Å². The lowest BCUT2D eigenvalue weighted by atomic mass is 10.1. The van der Waals surface area contributed by atoms with Gasteiger partial charge in [0.25, 0.3) is 0 Å². The van der Waals surface area contributed by atoms with Gasteiger partial charge in [-0.25, -0.2) is 9.97 Å². The number of aromatic nitrogens is 3. The van der Waals surface area contributed by atoms with Gasteiger partial charge in [-0.3, -0.25) is 4.79 Å². The number of nitrogens with zero attached hydrogens (tertiary/aromatic N) is 4. The summed E-state index contributed by atoms with van der Waals surface area (Å²) < 4.78 is 2.07. The predicted octanol–water partition coefficient (Wildman–Crippen LogP) is 4.26. The minimum absolute atomic E-state index is 0.000667. The summed E-state index contributed by atoms with van der Waals surface area (Å²) in [6.07, 6.45) is 2.26. The average Bonchev–Trinajstić information content (AvgIpc) is 3.38. The molecule has 1 aliphatic heterocycles. The van der Waals surface area contributed by atoms with Crippen LogP contribution in [0.15, 0.2) is 67.0 Å². The molecule has 30 heavy (non-hydrogen) atoms. The Morgan fingerprint density at radius 1 is 1.07 bits per heavy atom. The fraction of sp³-hybridized carbons (Fsp3) is 0.208. The molecule has 1 aliphatic rings. The summed E-state index contributed by atoms with van der Waals surface area (Å²) >= 11 is 0. The summed E-state index contributed by atoms with van der Waals surface area (Å²) in [5, 5.41) is 11.2. The molecule has 6 heteroatoms. The second-order valence-electron chi connectivity index (χ2n) is 7.55. The number of phenolic OH excluding ortho intramolecular Hbond substituents is 1. The number of carbonyl (C=O) groups excluding carboxylic acids is 1. The van der Waals surface area contributed by atoms with E-state index in [1.807, 2.05) is 72.7 Å². The van der Waals surface area contributed by atoms with Crippen molar-refractivity contribution in [3.05, 3.63) is 67.0 Å². The molecule has 2 aromatic carbocycles. The Kier molecular flexibility index (Phi) is 4.47. The highest BCUT2D eigenvalue weighted by Crippen LogP contribution is 2.36. The number of hydrogen-bond donors (Lipinski definition) is 1. The Morgan fingerprint density at radius 2 is 1.90 bits per heavy atom. The Labute approximate surface area is 174 Å². The van der Waals surface area contributed by atoms with Gasteiger partial charge in [0.1, 0.15) is 11.3 Å². The number of carbonyl (C=O) groups is 1. The third-order valence-electron chi connectivity index (χ3n) is 5.75. The molecule has 1 fully saturated rings. The first-order valence-electron chi connectivity index (χ1n) is 10.1. The molecule has 1 amide bonds. The highest BCUT2D eigenvalue weighted by molar-refractivity contribution is 5.88. The molecule has 5 rings (SSSR count). The van der Waals surface area contributed by atoms with Crippen LogP contribution in [-0.2, 0) is 4.79 Å². The normalized spacial score (nSPS) is 16.5. The first-order valence-corrected chi connectivity index (χ1v) is 10.1. The maximum absolute atomic E-state index is 12.4. The van der Waals surface area contributed by atoms with Gasteiger partial charge in [-0.05, 0) is 19.1 Å². The molecular formula is C24H22N4O2. The van der Waals surface area contributed by atoms with Crippen LogP contribution in [0.2, 0.25) is 0 Å². The van der Waals surface area contributed by atoms with Crippen LogP contribution in [0.25, 0.3) is 33.5 Å². The van der Waals surface area contributed by atoms with Crippen molar-refractivity contribution in [2.45, 2.75) is 19.4 Å². The van der Waals surface area contributed by atoms with E-state index in [0.717, 1.165) is 28.0 Å². The number of likely N-dealkylation sites (tertiary alicyclic amines) is 1. The van der Waals surface area contributed by atoms with Crippen LogP contribution >= 0.6 is 0 Å². The average molecular weight is 398 g/mol. The van der Waals surface area contributed by atoms with E-state index in [-0.39, 0.29) is 17.7 Å². The zero-order valence-electron chi connectivity index (χ0n) is 16.7. The van der Waals surface area contributed by atoms with Gasteiger partial charge in [0.05, 0.1) is 29.5 Å². The third-order valence-corrected chi connectivity index (χ3v) is 5.75. The van der Waals surface area contributed by atoms with E-state index < -0.39 is 0 Å². The number of amides is 1. The molecule has 0 aliphatic carbocycles. The van der Waals surface area contributed by atoms with E-state index in [0.29, 0.717) is 25.0 Å². The van der Waals surface area contributed by atoms with Gasteiger partial charge in [-0.15, -0.1) is 0 Å². The standard InChI is InChI=1S/C24H22N4O2/c1-2-27-14-18(13-21(27)30)28-15-25-23(16-7-4-3-5-8-16)24(28)19-12-11-17-9-6-10-20(29)22(17)26-19/h3-12,15,18,29H,2,13-14H2,1H3/t18-/m1/s1. The van der Waals surface area contributed by atoms with Crippen molar-refractivity contribution in [2.24, 2.45) is 0 Å². The van der Waals surface area contributed by atoms with Gasteiger partial charge in [0, 0.05) is 30.5 Å². The lowest BCUT2D eigenvalue weighted by Crippen LogP contribution is -2.24. The van der Waals surface area contributed by atoms with E-state index in [4.69, 9.17) is 9.97 Å². The number of phenols is 1. The molecule has 4 aromatic rings. The molecule has 3 heterocycles. The maximum Gasteiger partial charge on any atom is 0.224 e. The Hall–Kier alpha value is -3.67. The van der Waals surface area contributed by atoms with Gasteiger partial charge in [0.2, 0.25) is 5.91 Å². The summed E-state index contributed by atoms with van der Waals surface area (Å²) in [6, 6.07) is 19.3. The molecular weight excluding hydrogens is 376 g/mol. The number of imidazole rings is 1. The van der Waals surface area contributed by atoms with Gasteiger partial charge in [-0.2, -0.15) is 0 Å². The smallest absolute Gasteiger partial charge is 0.224 e. The van der Waals surface area contributed by atoms with Crippen LogP contribution in [0.1, 0.15) is 19.4 Å². The molecule has 0 saturated carbocycles. The first-order chi connectivity index (χ1) is 14.7. The lowest BCUT2D eigenvalue weighted by Gasteiger charge is -2.17. The van der Waals surface area contributed by atoms with E-state index in [1.165, 1.54) is 0 Å². The number of hydrogen-bond acceptors (Lipinski definition) is 4. The van der Waals surface area contributed by atoms with Crippen molar-refractivity contribution in [1.82, 2.24) is 19.4 Å². The zero-order chi connectivity index (χ0) is 20.7. The Morgan fingerprint density at radius 3 is 2.67 bits per heavy atom. The van der Waals surface area contributed by atoms with Crippen LogP contribution in [0.4, 0.5) is 0 Å². The lowest BCUT2D eigenvalue weighted by molar-refractivity contribution is -0.127. The fourth-order valence-electron chi connectivity index (χ4n) is 4.21. The topological polar surface area (TPSA) is 71.2 Å². The van der Waals surface area contributed by atoms with Crippen LogP contribution < -0.4 is 0 Å². The highest BCUT2D eigenvalue weighted by Gasteiger charge is 2.32. The van der Waals surface area contributed by atoms with E-state index >= 15 is 0 Å². The second kappa shape index (κ2) is 7.30. The number of rotatable bonds is 4. The number of benzene rings is 2. The quantitative estimate of drug-likeness (QED) is 0.557. The second-order valence-corrected chi connectivity index (χ2v) is 7.55. The summed E-state index contributed by atoms with van der Waals surface area (Å²) in [4.78, 5) is 23.7. The molecule has 1 saturated heterocycles. The summed E-state index contributed by atoms with van der Waals surface area (Å²) in [5.41, 5.74) is 3.95. The SMILES string of the molecule is CCN1C[C@H](n2cnc(-c3ccccc3)c2-c2ccc3cccc(O)c3n2)CC1=O. The minimum Gasteiger partial charge on any atom is -0.506 e. The van der Waals surface area contributed by atoms with Crippen molar-refractivity contribution in [1.29, 1.82) is 0 Å². The van der Waals surface area contributed by atoms with Crippen LogP contribution in [-0.4, -0.2) is 43.5 Å². The summed E-state index contributed by atoms with van der Waals surface area (Å²) in [7, 11) is 0. The van der Waals surface area contributed by atoms with Crippen molar-refractivity contribution >= 4 is 16.8 Å². The Bertz CT molecular complexity index is 1230. The number of likely N-dealkylation sites (N-methyl/N-ethyl adjacent to an activating group) is 1. The molecule has 1 N–H and O–H groups in total. The predicted molar refractivity (Wildman–Crippen MR) is 116 cm³/mol. The fourth-order valence-corrected chi connectivity index (χ4v) is 4.21. The van der Waals surface area contributed by atoms with Crippen molar-refractivity contribution in [2.75, 3.05) is 13.1 Å². The zero-order valence-corrected chi connectivity index (χ0v) is 16.7. The highest BCUT2D eigenvalue weighted by atomic mass is 16.3. The van der Waals surface area contributed by atoms with Crippen molar-refractivity contribution in [3.8, 4) is 28.4 Å². The molecule has 150 valence electrons. The van der Waals surface area contributed by atoms with E-state index in [1.54, 1.807) is 6.07 Å². The maximum atomic E-state index is 12.4.